The molecule has 0 radical (unpaired) electrons. The van der Waals surface area contributed by atoms with Gasteiger partial charge in [0.2, 0.25) is 5.91 Å². The van der Waals surface area contributed by atoms with Crippen LogP contribution in [0.25, 0.3) is 0 Å². The molecular weight excluding hydrogens is 222 g/mol. The van der Waals surface area contributed by atoms with Crippen molar-refractivity contribution in [3.8, 4) is 0 Å². The third-order valence-electron chi connectivity index (χ3n) is 2.64. The SMILES string of the molecule is CCCCCC(=O)CC(=O)NC1COC(=O)C1. The maximum absolute atomic E-state index is 11.5. The molecular formula is C12H19NO4. The number of ether oxygens (including phenoxy) is 1. The molecule has 1 aliphatic rings. The van der Waals surface area contributed by atoms with E-state index in [0.717, 1.165) is 19.3 Å². The van der Waals surface area contributed by atoms with Gasteiger partial charge < -0.3 is 10.1 Å². The zero-order valence-corrected chi connectivity index (χ0v) is 10.2. The summed E-state index contributed by atoms with van der Waals surface area (Å²) in [4.78, 5) is 33.6. The summed E-state index contributed by atoms with van der Waals surface area (Å²) in [5.41, 5.74) is 0. The summed E-state index contributed by atoms with van der Waals surface area (Å²) in [5.74, 6) is -0.652. The Morgan fingerprint density at radius 1 is 1.41 bits per heavy atom. The lowest BCUT2D eigenvalue weighted by molar-refractivity contribution is -0.138. The van der Waals surface area contributed by atoms with Crippen LogP contribution in [0, 0.1) is 0 Å². The van der Waals surface area contributed by atoms with Crippen LogP contribution in [0.3, 0.4) is 0 Å². The predicted octanol–water partition coefficient (Wildman–Crippen LogP) is 0.958. The molecule has 1 aliphatic heterocycles. The number of carbonyl (C=O) groups excluding carboxylic acids is 3. The average Bonchev–Trinajstić information content (AvgIpc) is 2.64. The molecule has 0 aromatic carbocycles. The van der Waals surface area contributed by atoms with E-state index in [1.54, 1.807) is 0 Å². The van der Waals surface area contributed by atoms with E-state index in [2.05, 4.69) is 12.2 Å². The first-order chi connectivity index (χ1) is 8.11. The number of hydrogen-bond acceptors (Lipinski definition) is 4. The second-order valence-electron chi connectivity index (χ2n) is 4.32. The van der Waals surface area contributed by atoms with E-state index in [1.165, 1.54) is 0 Å². The van der Waals surface area contributed by atoms with Gasteiger partial charge in [-0.15, -0.1) is 0 Å². The number of nitrogens with one attached hydrogen (secondary N) is 1. The monoisotopic (exact) mass is 241 g/mol. The maximum atomic E-state index is 11.5. The van der Waals surface area contributed by atoms with Crippen LogP contribution in [-0.4, -0.2) is 30.3 Å². The van der Waals surface area contributed by atoms with Gasteiger partial charge in [-0.25, -0.2) is 0 Å². The Labute approximate surface area is 101 Å². The normalized spacial score (nSPS) is 18.9. The zero-order chi connectivity index (χ0) is 12.7. The van der Waals surface area contributed by atoms with Gasteiger partial charge in [0, 0.05) is 6.42 Å². The Bertz CT molecular complexity index is 301. The van der Waals surface area contributed by atoms with Crippen molar-refractivity contribution in [3.05, 3.63) is 0 Å². The van der Waals surface area contributed by atoms with Gasteiger partial charge in [0.25, 0.3) is 0 Å². The molecule has 0 aromatic rings. The number of unbranched alkanes of at least 4 members (excludes halogenated alkanes) is 2. The van der Waals surface area contributed by atoms with Crippen molar-refractivity contribution in [2.75, 3.05) is 6.61 Å². The molecule has 96 valence electrons. The second kappa shape index (κ2) is 7.04. The number of hydrogen-bond donors (Lipinski definition) is 1. The van der Waals surface area contributed by atoms with Crippen LogP contribution in [0.1, 0.15) is 45.4 Å². The molecule has 1 fully saturated rings. The Balaban J connectivity index is 2.15. The summed E-state index contributed by atoms with van der Waals surface area (Å²) in [6, 6.07) is -0.265. The van der Waals surface area contributed by atoms with Crippen molar-refractivity contribution in [2.24, 2.45) is 0 Å². The zero-order valence-electron chi connectivity index (χ0n) is 10.2. The largest absolute Gasteiger partial charge is 0.463 e. The van der Waals surface area contributed by atoms with Crippen molar-refractivity contribution < 1.29 is 19.1 Å². The van der Waals surface area contributed by atoms with Gasteiger partial charge in [0.05, 0.1) is 18.9 Å². The Morgan fingerprint density at radius 3 is 2.76 bits per heavy atom. The van der Waals surface area contributed by atoms with Crippen LogP contribution < -0.4 is 5.32 Å². The van der Waals surface area contributed by atoms with Crippen molar-refractivity contribution in [1.29, 1.82) is 0 Å². The van der Waals surface area contributed by atoms with Crippen LogP contribution in [0.2, 0.25) is 0 Å². The Kier molecular flexibility index (Phi) is 5.66. The summed E-state index contributed by atoms with van der Waals surface area (Å²) >= 11 is 0. The lowest BCUT2D eigenvalue weighted by atomic mass is 10.1. The summed E-state index contributed by atoms with van der Waals surface area (Å²) in [5, 5.41) is 2.62. The van der Waals surface area contributed by atoms with E-state index in [-0.39, 0.29) is 43.2 Å². The number of carbonyl (C=O) groups is 3. The van der Waals surface area contributed by atoms with E-state index in [4.69, 9.17) is 4.74 Å². The molecule has 1 atom stereocenters. The molecule has 1 heterocycles. The summed E-state index contributed by atoms with van der Waals surface area (Å²) < 4.78 is 4.71. The Morgan fingerprint density at radius 2 is 2.18 bits per heavy atom. The average molecular weight is 241 g/mol. The quantitative estimate of drug-likeness (QED) is 0.409. The molecule has 0 aliphatic carbocycles. The highest BCUT2D eigenvalue weighted by Gasteiger charge is 2.25. The third kappa shape index (κ3) is 5.47. The molecule has 17 heavy (non-hydrogen) atoms. The van der Waals surface area contributed by atoms with Gasteiger partial charge in [-0.1, -0.05) is 19.8 Å². The fourth-order valence-corrected chi connectivity index (χ4v) is 1.72. The smallest absolute Gasteiger partial charge is 0.308 e. The first kappa shape index (κ1) is 13.7. The molecule has 0 bridgehead atoms. The van der Waals surface area contributed by atoms with E-state index < -0.39 is 0 Å². The molecule has 0 saturated carbocycles. The number of cyclic esters (lactones) is 1. The molecule has 5 nitrogen and oxygen atoms in total. The number of esters is 1. The van der Waals surface area contributed by atoms with E-state index in [9.17, 15) is 14.4 Å². The topological polar surface area (TPSA) is 72.5 Å². The minimum atomic E-state index is -0.310. The van der Waals surface area contributed by atoms with Crippen LogP contribution in [0.5, 0.6) is 0 Å². The number of amides is 1. The van der Waals surface area contributed by atoms with Crippen molar-refractivity contribution in [2.45, 2.75) is 51.5 Å². The van der Waals surface area contributed by atoms with Crippen LogP contribution in [0.4, 0.5) is 0 Å². The van der Waals surface area contributed by atoms with Crippen molar-refractivity contribution >= 4 is 17.7 Å². The number of ketones is 1. The predicted molar refractivity (Wildman–Crippen MR) is 61.3 cm³/mol. The first-order valence-corrected chi connectivity index (χ1v) is 6.08. The molecule has 5 heteroatoms. The highest BCUT2D eigenvalue weighted by atomic mass is 16.5. The van der Waals surface area contributed by atoms with E-state index in [1.807, 2.05) is 0 Å². The lowest BCUT2D eigenvalue weighted by Gasteiger charge is -2.08. The molecule has 0 spiro atoms. The van der Waals surface area contributed by atoms with Crippen molar-refractivity contribution in [3.63, 3.8) is 0 Å². The minimum absolute atomic E-state index is 0.0406. The first-order valence-electron chi connectivity index (χ1n) is 6.08. The maximum Gasteiger partial charge on any atom is 0.308 e. The van der Waals surface area contributed by atoms with Crippen LogP contribution >= 0.6 is 0 Å². The highest BCUT2D eigenvalue weighted by Crippen LogP contribution is 2.06. The second-order valence-corrected chi connectivity index (χ2v) is 4.32. The fraction of sp³-hybridized carbons (Fsp3) is 0.750. The Hall–Kier alpha value is -1.39. The van der Waals surface area contributed by atoms with Gasteiger partial charge in [-0.3, -0.25) is 14.4 Å². The molecule has 1 amide bonds. The summed E-state index contributed by atoms with van der Waals surface area (Å²) in [6.45, 7) is 2.28. The number of Topliss-reactive ketones (excluding diaryl/α,β-unsaturated/α-hetero) is 1. The standard InChI is InChI=1S/C12H19NO4/c1-2-3-4-5-10(14)7-11(15)13-9-6-12(16)17-8-9/h9H,2-8H2,1H3,(H,13,15). The number of rotatable bonds is 7. The highest BCUT2D eigenvalue weighted by molar-refractivity contribution is 5.98. The van der Waals surface area contributed by atoms with E-state index >= 15 is 0 Å². The third-order valence-corrected chi connectivity index (χ3v) is 2.64. The van der Waals surface area contributed by atoms with Gasteiger partial charge >= 0.3 is 5.97 Å². The van der Waals surface area contributed by atoms with Gasteiger partial charge in [-0.2, -0.15) is 0 Å². The molecule has 0 aromatic heterocycles. The van der Waals surface area contributed by atoms with Gasteiger partial charge in [0.15, 0.2) is 0 Å². The fourth-order valence-electron chi connectivity index (χ4n) is 1.72. The van der Waals surface area contributed by atoms with Gasteiger partial charge in [0.1, 0.15) is 12.4 Å². The molecule has 1 saturated heterocycles. The lowest BCUT2D eigenvalue weighted by Crippen LogP contribution is -2.36. The molecule has 1 rings (SSSR count). The van der Waals surface area contributed by atoms with Crippen molar-refractivity contribution in [1.82, 2.24) is 5.32 Å². The van der Waals surface area contributed by atoms with Crippen LogP contribution in [0.15, 0.2) is 0 Å². The van der Waals surface area contributed by atoms with E-state index in [0.29, 0.717) is 6.42 Å². The molecule has 1 N–H and O–H groups in total. The summed E-state index contributed by atoms with van der Waals surface area (Å²) in [6.07, 6.45) is 3.48. The van der Waals surface area contributed by atoms with Crippen LogP contribution in [-0.2, 0) is 19.1 Å². The minimum Gasteiger partial charge on any atom is -0.463 e. The summed E-state index contributed by atoms with van der Waals surface area (Å²) in [7, 11) is 0. The van der Waals surface area contributed by atoms with Gasteiger partial charge in [-0.05, 0) is 6.42 Å². The molecule has 1 unspecified atom stereocenters.